The van der Waals surface area contributed by atoms with E-state index in [0.717, 1.165) is 5.56 Å². The summed E-state index contributed by atoms with van der Waals surface area (Å²) in [5, 5.41) is 5.39. The van der Waals surface area contributed by atoms with Crippen molar-refractivity contribution >= 4 is 29.1 Å². The van der Waals surface area contributed by atoms with Crippen molar-refractivity contribution in [2.45, 2.75) is 39.5 Å². The van der Waals surface area contributed by atoms with Gasteiger partial charge in [0.25, 0.3) is 0 Å². The maximum absolute atomic E-state index is 11.7. The predicted octanol–water partition coefficient (Wildman–Crippen LogP) is 1.65. The number of carbonyl (C=O) groups excluding carboxylic acids is 4. The fourth-order valence-corrected chi connectivity index (χ4v) is 2.10. The molecule has 1 rings (SSSR count). The van der Waals surface area contributed by atoms with Gasteiger partial charge in [-0.25, -0.2) is 0 Å². The van der Waals surface area contributed by atoms with Crippen LogP contribution in [0.15, 0.2) is 24.3 Å². The fourth-order valence-electron chi connectivity index (χ4n) is 2.10. The van der Waals surface area contributed by atoms with E-state index >= 15 is 0 Å². The summed E-state index contributed by atoms with van der Waals surface area (Å²) in [5.41, 5.74) is 1.59. The van der Waals surface area contributed by atoms with Gasteiger partial charge in [-0.05, 0) is 31.0 Å². The largest absolute Gasteiger partial charge is 0.364 e. The quantitative estimate of drug-likeness (QED) is 0.589. The average molecular weight is 362 g/mol. The SMILES string of the molecule is CCC(=O)CCNC(=O)CCc1ccc(NC(=O)COCC(C)=O)cc1. The third-order valence-electron chi connectivity index (χ3n) is 3.54. The molecule has 0 aromatic heterocycles. The molecule has 0 unspecified atom stereocenters. The summed E-state index contributed by atoms with van der Waals surface area (Å²) in [5.74, 6) is -0.424. The zero-order valence-electron chi connectivity index (χ0n) is 15.3. The molecular formula is C19H26N2O5. The van der Waals surface area contributed by atoms with Crippen LogP contribution in [0.2, 0.25) is 0 Å². The molecule has 0 aliphatic carbocycles. The van der Waals surface area contributed by atoms with Gasteiger partial charge in [-0.15, -0.1) is 0 Å². The van der Waals surface area contributed by atoms with Gasteiger partial charge in [0.15, 0.2) is 5.78 Å². The molecule has 1 aromatic carbocycles. The van der Waals surface area contributed by atoms with Crippen LogP contribution in [0.4, 0.5) is 5.69 Å². The molecule has 0 saturated carbocycles. The molecular weight excluding hydrogens is 336 g/mol. The van der Waals surface area contributed by atoms with Crippen LogP contribution in [0.1, 0.15) is 38.7 Å². The molecule has 2 amide bonds. The molecule has 26 heavy (non-hydrogen) atoms. The number of Topliss-reactive ketones (excluding diaryl/α,β-unsaturated/α-hetero) is 2. The molecule has 0 bridgehead atoms. The van der Waals surface area contributed by atoms with E-state index in [4.69, 9.17) is 4.74 Å². The van der Waals surface area contributed by atoms with Crippen molar-refractivity contribution in [1.29, 1.82) is 0 Å². The predicted molar refractivity (Wildman–Crippen MR) is 97.8 cm³/mol. The van der Waals surface area contributed by atoms with Crippen LogP contribution in [-0.4, -0.2) is 43.1 Å². The van der Waals surface area contributed by atoms with Crippen molar-refractivity contribution < 1.29 is 23.9 Å². The molecule has 0 radical (unpaired) electrons. The van der Waals surface area contributed by atoms with E-state index in [0.29, 0.717) is 37.9 Å². The lowest BCUT2D eigenvalue weighted by atomic mass is 10.1. The Bertz CT molecular complexity index is 625. The number of nitrogens with one attached hydrogen (secondary N) is 2. The molecule has 0 heterocycles. The Hall–Kier alpha value is -2.54. The van der Waals surface area contributed by atoms with Gasteiger partial charge in [0.2, 0.25) is 11.8 Å². The first-order valence-corrected chi connectivity index (χ1v) is 8.65. The maximum atomic E-state index is 11.7. The van der Waals surface area contributed by atoms with Crippen LogP contribution in [0, 0.1) is 0 Å². The monoisotopic (exact) mass is 362 g/mol. The van der Waals surface area contributed by atoms with E-state index in [1.54, 1.807) is 19.1 Å². The number of rotatable bonds is 12. The second kappa shape index (κ2) is 11.9. The minimum Gasteiger partial charge on any atom is -0.364 e. The van der Waals surface area contributed by atoms with E-state index in [-0.39, 0.29) is 36.6 Å². The van der Waals surface area contributed by atoms with Crippen LogP contribution in [0.5, 0.6) is 0 Å². The zero-order valence-corrected chi connectivity index (χ0v) is 15.3. The lowest BCUT2D eigenvalue weighted by Gasteiger charge is -2.07. The number of carbonyl (C=O) groups is 4. The summed E-state index contributed by atoms with van der Waals surface area (Å²) in [6.07, 6.45) is 1.77. The van der Waals surface area contributed by atoms with E-state index in [2.05, 4.69) is 10.6 Å². The first-order valence-electron chi connectivity index (χ1n) is 8.65. The van der Waals surface area contributed by atoms with Crippen molar-refractivity contribution in [2.24, 2.45) is 0 Å². The summed E-state index contributed by atoms with van der Waals surface area (Å²) in [4.78, 5) is 45.3. The Morgan fingerprint density at radius 3 is 2.27 bits per heavy atom. The van der Waals surface area contributed by atoms with Crippen molar-refractivity contribution in [2.75, 3.05) is 25.1 Å². The van der Waals surface area contributed by atoms with E-state index in [1.165, 1.54) is 6.92 Å². The molecule has 0 saturated heterocycles. The highest BCUT2D eigenvalue weighted by Crippen LogP contribution is 2.11. The molecule has 0 atom stereocenters. The highest BCUT2D eigenvalue weighted by Gasteiger charge is 2.06. The van der Waals surface area contributed by atoms with E-state index < -0.39 is 0 Å². The summed E-state index contributed by atoms with van der Waals surface area (Å²) < 4.78 is 4.94. The van der Waals surface area contributed by atoms with Gasteiger partial charge in [-0.2, -0.15) is 0 Å². The molecule has 0 aliphatic heterocycles. The van der Waals surface area contributed by atoms with Crippen LogP contribution in [0.3, 0.4) is 0 Å². The average Bonchev–Trinajstić information content (AvgIpc) is 2.60. The second-order valence-electron chi connectivity index (χ2n) is 5.93. The number of ketones is 2. The smallest absolute Gasteiger partial charge is 0.250 e. The second-order valence-corrected chi connectivity index (χ2v) is 5.93. The molecule has 142 valence electrons. The minimum atomic E-state index is -0.333. The summed E-state index contributed by atoms with van der Waals surface area (Å²) in [7, 11) is 0. The van der Waals surface area contributed by atoms with Crippen LogP contribution >= 0.6 is 0 Å². The van der Waals surface area contributed by atoms with Gasteiger partial charge in [0, 0.05) is 31.5 Å². The molecule has 7 heteroatoms. The Morgan fingerprint density at radius 1 is 0.962 bits per heavy atom. The Morgan fingerprint density at radius 2 is 1.65 bits per heavy atom. The summed E-state index contributed by atoms with van der Waals surface area (Å²) in [6, 6.07) is 7.16. The molecule has 0 aliphatic rings. The van der Waals surface area contributed by atoms with Gasteiger partial charge in [0.05, 0.1) is 0 Å². The minimum absolute atomic E-state index is 0.0823. The molecule has 0 fully saturated rings. The van der Waals surface area contributed by atoms with Crippen LogP contribution in [0.25, 0.3) is 0 Å². The number of aryl methyl sites for hydroxylation is 1. The molecule has 1 aromatic rings. The third kappa shape index (κ3) is 9.68. The lowest BCUT2D eigenvalue weighted by Crippen LogP contribution is -2.26. The third-order valence-corrected chi connectivity index (χ3v) is 3.54. The topological polar surface area (TPSA) is 102 Å². The van der Waals surface area contributed by atoms with Crippen molar-refractivity contribution in [3.8, 4) is 0 Å². The van der Waals surface area contributed by atoms with Crippen molar-refractivity contribution in [3.63, 3.8) is 0 Å². The Balaban J connectivity index is 2.29. The van der Waals surface area contributed by atoms with Gasteiger partial charge in [0.1, 0.15) is 19.0 Å². The summed E-state index contributed by atoms with van der Waals surface area (Å²) >= 11 is 0. The van der Waals surface area contributed by atoms with Gasteiger partial charge in [-0.3, -0.25) is 19.2 Å². The standard InChI is InChI=1S/C19H26N2O5/c1-3-17(23)10-11-20-18(24)9-6-15-4-7-16(8-5-15)21-19(25)13-26-12-14(2)22/h4-5,7-8H,3,6,9-13H2,1-2H3,(H,20,24)(H,21,25). The Kier molecular flexibility index (Phi) is 9.86. The number of amides is 2. The fraction of sp³-hybridized carbons (Fsp3) is 0.474. The normalized spacial score (nSPS) is 10.2. The molecule has 7 nitrogen and oxygen atoms in total. The number of ether oxygens (including phenoxy) is 1. The van der Waals surface area contributed by atoms with Crippen molar-refractivity contribution in [1.82, 2.24) is 5.32 Å². The number of anilines is 1. The number of hydrogen-bond acceptors (Lipinski definition) is 5. The van der Waals surface area contributed by atoms with Crippen molar-refractivity contribution in [3.05, 3.63) is 29.8 Å². The Labute approximate surface area is 153 Å². The van der Waals surface area contributed by atoms with Gasteiger partial charge >= 0.3 is 0 Å². The van der Waals surface area contributed by atoms with E-state index in [9.17, 15) is 19.2 Å². The highest BCUT2D eigenvalue weighted by molar-refractivity contribution is 5.91. The highest BCUT2D eigenvalue weighted by atomic mass is 16.5. The first-order chi connectivity index (χ1) is 12.4. The summed E-state index contributed by atoms with van der Waals surface area (Å²) in [6.45, 7) is 3.31. The van der Waals surface area contributed by atoms with Crippen LogP contribution in [-0.2, 0) is 30.3 Å². The number of benzene rings is 1. The van der Waals surface area contributed by atoms with Gasteiger partial charge in [-0.1, -0.05) is 19.1 Å². The molecule has 0 spiro atoms. The lowest BCUT2D eigenvalue weighted by molar-refractivity contribution is -0.126. The van der Waals surface area contributed by atoms with Crippen LogP contribution < -0.4 is 10.6 Å². The first kappa shape index (κ1) is 21.5. The zero-order chi connectivity index (χ0) is 19.4. The number of hydrogen-bond donors (Lipinski definition) is 2. The molecule has 2 N–H and O–H groups in total. The van der Waals surface area contributed by atoms with Gasteiger partial charge < -0.3 is 15.4 Å². The van der Waals surface area contributed by atoms with E-state index in [1.807, 2.05) is 12.1 Å². The maximum Gasteiger partial charge on any atom is 0.250 e.